The van der Waals surface area contributed by atoms with E-state index in [0.29, 0.717) is 13.0 Å². The van der Waals surface area contributed by atoms with Gasteiger partial charge in [-0.3, -0.25) is 4.79 Å². The Morgan fingerprint density at radius 2 is 2.12 bits per heavy atom. The average Bonchev–Trinajstić information content (AvgIpc) is 3.25. The molecular formula is C20H21N3O3. The smallest absolute Gasteiger partial charge is 0.226 e. The summed E-state index contributed by atoms with van der Waals surface area (Å²) in [4.78, 5) is 12.3. The van der Waals surface area contributed by atoms with E-state index in [1.54, 1.807) is 10.9 Å². The molecule has 0 saturated carbocycles. The van der Waals surface area contributed by atoms with Crippen LogP contribution in [0.2, 0.25) is 0 Å². The van der Waals surface area contributed by atoms with E-state index < -0.39 is 0 Å². The summed E-state index contributed by atoms with van der Waals surface area (Å²) in [6.45, 7) is 4.48. The molecular weight excluding hydrogens is 330 g/mol. The molecule has 0 fully saturated rings. The molecule has 3 heterocycles. The number of nitrogens with zero attached hydrogens (tertiary/aromatic N) is 2. The number of ether oxygens (including phenoxy) is 1. The van der Waals surface area contributed by atoms with Gasteiger partial charge < -0.3 is 14.5 Å². The Balaban J connectivity index is 1.63. The lowest BCUT2D eigenvalue weighted by Gasteiger charge is -2.24. The van der Waals surface area contributed by atoms with Crippen molar-refractivity contribution < 1.29 is 13.9 Å². The van der Waals surface area contributed by atoms with Crippen LogP contribution in [0.1, 0.15) is 43.1 Å². The second kappa shape index (κ2) is 6.71. The highest BCUT2D eigenvalue weighted by Gasteiger charge is 2.30. The number of anilines is 1. The maximum Gasteiger partial charge on any atom is 0.226 e. The molecule has 0 radical (unpaired) electrons. The van der Waals surface area contributed by atoms with Crippen molar-refractivity contribution in [2.45, 2.75) is 38.8 Å². The fourth-order valence-corrected chi connectivity index (χ4v) is 3.29. The van der Waals surface area contributed by atoms with E-state index in [1.165, 1.54) is 0 Å². The molecule has 1 amide bonds. The maximum absolute atomic E-state index is 12.3. The lowest BCUT2D eigenvalue weighted by molar-refractivity contribution is -0.116. The van der Waals surface area contributed by atoms with Gasteiger partial charge in [-0.25, -0.2) is 4.68 Å². The van der Waals surface area contributed by atoms with Crippen LogP contribution in [-0.4, -0.2) is 21.8 Å². The molecule has 1 aliphatic rings. The first-order valence-electron chi connectivity index (χ1n) is 8.74. The Kier molecular flexibility index (Phi) is 4.24. The Hall–Kier alpha value is -3.02. The number of benzene rings is 1. The van der Waals surface area contributed by atoms with Crippen molar-refractivity contribution in [1.82, 2.24) is 9.78 Å². The fourth-order valence-electron chi connectivity index (χ4n) is 3.29. The van der Waals surface area contributed by atoms with E-state index in [1.807, 2.05) is 56.4 Å². The first kappa shape index (κ1) is 16.4. The minimum absolute atomic E-state index is 0.00815. The van der Waals surface area contributed by atoms with Crippen molar-refractivity contribution in [3.05, 3.63) is 65.7 Å². The molecule has 1 aromatic carbocycles. The van der Waals surface area contributed by atoms with Gasteiger partial charge in [-0.05, 0) is 43.7 Å². The third-order valence-corrected chi connectivity index (χ3v) is 4.43. The Morgan fingerprint density at radius 3 is 2.81 bits per heavy atom. The van der Waals surface area contributed by atoms with E-state index >= 15 is 0 Å². The number of amides is 1. The van der Waals surface area contributed by atoms with Crippen LogP contribution in [0.4, 0.5) is 5.82 Å². The van der Waals surface area contributed by atoms with Gasteiger partial charge in [0.25, 0.3) is 0 Å². The predicted octanol–water partition coefficient (Wildman–Crippen LogP) is 3.79. The highest BCUT2D eigenvalue weighted by molar-refractivity contribution is 5.94. The molecule has 0 unspecified atom stereocenters. The van der Waals surface area contributed by atoms with E-state index in [2.05, 4.69) is 10.4 Å². The van der Waals surface area contributed by atoms with Gasteiger partial charge in [-0.1, -0.05) is 12.1 Å². The number of fused-ring (bicyclic) bond motifs is 1. The van der Waals surface area contributed by atoms with Gasteiger partial charge in [0.2, 0.25) is 5.91 Å². The second-order valence-electron chi connectivity index (χ2n) is 6.73. The second-order valence-corrected chi connectivity index (χ2v) is 6.73. The molecule has 4 rings (SSSR count). The zero-order chi connectivity index (χ0) is 18.1. The molecule has 3 aromatic rings. The molecule has 1 N–H and O–H groups in total. The van der Waals surface area contributed by atoms with Crippen LogP contribution in [0.3, 0.4) is 0 Å². The summed E-state index contributed by atoms with van der Waals surface area (Å²) in [5.74, 6) is 2.34. The van der Waals surface area contributed by atoms with Crippen LogP contribution in [0.5, 0.6) is 5.75 Å². The van der Waals surface area contributed by atoms with Crippen LogP contribution in [-0.2, 0) is 11.3 Å². The van der Waals surface area contributed by atoms with E-state index in [-0.39, 0.29) is 17.9 Å². The van der Waals surface area contributed by atoms with Crippen LogP contribution < -0.4 is 10.1 Å². The van der Waals surface area contributed by atoms with Gasteiger partial charge in [0, 0.05) is 17.9 Å². The molecule has 0 saturated heterocycles. The number of hydrogen-bond donors (Lipinski definition) is 1. The van der Waals surface area contributed by atoms with Crippen molar-refractivity contribution in [1.29, 1.82) is 0 Å². The van der Waals surface area contributed by atoms with Crippen LogP contribution in [0, 0.1) is 0 Å². The van der Waals surface area contributed by atoms with Gasteiger partial charge in [0.05, 0.1) is 18.6 Å². The summed E-state index contributed by atoms with van der Waals surface area (Å²) in [5.41, 5.74) is 2.10. The van der Waals surface area contributed by atoms with Crippen LogP contribution >= 0.6 is 0 Å². The largest absolute Gasteiger partial charge is 0.491 e. The van der Waals surface area contributed by atoms with Gasteiger partial charge in [-0.15, -0.1) is 0 Å². The third kappa shape index (κ3) is 3.22. The van der Waals surface area contributed by atoms with Gasteiger partial charge in [-0.2, -0.15) is 5.10 Å². The van der Waals surface area contributed by atoms with E-state index in [0.717, 1.165) is 28.5 Å². The van der Waals surface area contributed by atoms with Crippen molar-refractivity contribution in [2.24, 2.45) is 0 Å². The lowest BCUT2D eigenvalue weighted by atomic mass is 9.87. The average molecular weight is 351 g/mol. The molecule has 134 valence electrons. The number of carbonyl (C=O) groups is 1. The molecule has 0 bridgehead atoms. The van der Waals surface area contributed by atoms with Crippen LogP contribution in [0.25, 0.3) is 0 Å². The van der Waals surface area contributed by atoms with Crippen molar-refractivity contribution in [2.75, 3.05) is 5.32 Å². The molecule has 0 spiro atoms. The number of carbonyl (C=O) groups excluding carboxylic acids is 1. The summed E-state index contributed by atoms with van der Waals surface area (Å²) < 4.78 is 12.9. The first-order chi connectivity index (χ1) is 12.6. The summed E-state index contributed by atoms with van der Waals surface area (Å²) >= 11 is 0. The molecule has 1 aliphatic heterocycles. The molecule has 2 aromatic heterocycles. The SMILES string of the molecule is CC(C)Oc1ccc([C@H]2CC(=O)Nc3c2cnn3Cc2ccco2)cc1. The fraction of sp³-hybridized carbons (Fsp3) is 0.300. The third-order valence-electron chi connectivity index (χ3n) is 4.43. The summed E-state index contributed by atoms with van der Waals surface area (Å²) in [6, 6.07) is 11.7. The molecule has 1 atom stereocenters. The zero-order valence-electron chi connectivity index (χ0n) is 14.8. The number of furan rings is 1. The van der Waals surface area contributed by atoms with Crippen molar-refractivity contribution in [3.63, 3.8) is 0 Å². The zero-order valence-corrected chi connectivity index (χ0v) is 14.8. The Morgan fingerprint density at radius 1 is 1.31 bits per heavy atom. The lowest BCUT2D eigenvalue weighted by Crippen LogP contribution is -2.25. The first-order valence-corrected chi connectivity index (χ1v) is 8.74. The van der Waals surface area contributed by atoms with E-state index in [4.69, 9.17) is 9.15 Å². The number of hydrogen-bond acceptors (Lipinski definition) is 4. The molecule has 26 heavy (non-hydrogen) atoms. The highest BCUT2D eigenvalue weighted by atomic mass is 16.5. The standard InChI is InChI=1S/C20H21N3O3/c1-13(2)26-15-7-5-14(6-8-15)17-10-19(24)22-20-18(17)11-21-23(20)12-16-4-3-9-25-16/h3-9,11,13,17H,10,12H2,1-2H3,(H,22,24)/t17-/m1/s1. The molecule has 6 heteroatoms. The van der Waals surface area contributed by atoms with Crippen molar-refractivity contribution >= 4 is 11.7 Å². The summed E-state index contributed by atoms with van der Waals surface area (Å²) in [7, 11) is 0. The molecule has 6 nitrogen and oxygen atoms in total. The highest BCUT2D eigenvalue weighted by Crippen LogP contribution is 2.37. The maximum atomic E-state index is 12.3. The monoisotopic (exact) mass is 351 g/mol. The Bertz CT molecular complexity index is 895. The predicted molar refractivity (Wildman–Crippen MR) is 97.3 cm³/mol. The minimum Gasteiger partial charge on any atom is -0.491 e. The number of rotatable bonds is 5. The summed E-state index contributed by atoms with van der Waals surface area (Å²) in [5, 5.41) is 7.41. The number of aromatic nitrogens is 2. The topological polar surface area (TPSA) is 69.3 Å². The number of nitrogens with one attached hydrogen (secondary N) is 1. The quantitative estimate of drug-likeness (QED) is 0.759. The normalized spacial score (nSPS) is 16.4. The molecule has 0 aliphatic carbocycles. The minimum atomic E-state index is -0.0165. The summed E-state index contributed by atoms with van der Waals surface area (Å²) in [6.07, 6.45) is 4.01. The van der Waals surface area contributed by atoms with Crippen LogP contribution in [0.15, 0.2) is 53.3 Å². The van der Waals surface area contributed by atoms with Gasteiger partial charge in [0.1, 0.15) is 23.9 Å². The van der Waals surface area contributed by atoms with E-state index in [9.17, 15) is 4.79 Å². The van der Waals surface area contributed by atoms with Gasteiger partial charge >= 0.3 is 0 Å². The van der Waals surface area contributed by atoms with Gasteiger partial charge in [0.15, 0.2) is 0 Å². The Labute approximate surface area is 151 Å². The van der Waals surface area contributed by atoms with Crippen molar-refractivity contribution in [3.8, 4) is 5.75 Å².